The second kappa shape index (κ2) is 10.9. The summed E-state index contributed by atoms with van der Waals surface area (Å²) in [5, 5.41) is 0. The maximum absolute atomic E-state index is 13.3. The molecule has 0 aliphatic carbocycles. The van der Waals surface area contributed by atoms with Crippen molar-refractivity contribution in [2.24, 2.45) is 0 Å². The number of allylic oxidation sites excluding steroid dienone is 2. The van der Waals surface area contributed by atoms with E-state index in [1.54, 1.807) is 40.2 Å². The van der Waals surface area contributed by atoms with Crippen LogP contribution in [-0.4, -0.2) is 39.4 Å². The van der Waals surface area contributed by atoms with Gasteiger partial charge in [-0.2, -0.15) is 0 Å². The third-order valence-electron chi connectivity index (χ3n) is 5.80. The fourth-order valence-corrected chi connectivity index (χ4v) is 4.25. The van der Waals surface area contributed by atoms with Crippen LogP contribution in [0.1, 0.15) is 39.2 Å². The monoisotopic (exact) mass is 465 g/mol. The average molecular weight is 466 g/mol. The van der Waals surface area contributed by atoms with Gasteiger partial charge in [0.25, 0.3) is 0 Å². The molecule has 0 fully saturated rings. The normalized spacial score (nSPS) is 14.2. The van der Waals surface area contributed by atoms with Gasteiger partial charge in [0.2, 0.25) is 0 Å². The third kappa shape index (κ3) is 4.78. The van der Waals surface area contributed by atoms with E-state index < -0.39 is 17.9 Å². The molecule has 0 N–H and O–H groups in total. The molecule has 34 heavy (non-hydrogen) atoms. The molecule has 0 saturated heterocycles. The molecular formula is C27H31NO6. The quantitative estimate of drug-likeness (QED) is 0.509. The SMILES string of the molecule is CCOC(=O)C1=C(C)N(c2ccc(OC)cc2)C(C)=C(C(=O)OCC)C1c1ccc(OC)cc1. The van der Waals surface area contributed by atoms with Crippen molar-refractivity contribution in [3.8, 4) is 11.5 Å². The zero-order valence-corrected chi connectivity index (χ0v) is 20.5. The fourth-order valence-electron chi connectivity index (χ4n) is 4.25. The Morgan fingerprint density at radius 3 is 1.53 bits per heavy atom. The first kappa shape index (κ1) is 24.9. The van der Waals surface area contributed by atoms with Crippen molar-refractivity contribution in [3.63, 3.8) is 0 Å². The highest BCUT2D eigenvalue weighted by molar-refractivity contribution is 6.01. The Hall–Kier alpha value is -3.74. The summed E-state index contributed by atoms with van der Waals surface area (Å²) in [6.45, 7) is 7.66. The first-order valence-electron chi connectivity index (χ1n) is 11.2. The lowest BCUT2D eigenvalue weighted by Crippen LogP contribution is -2.35. The molecule has 0 unspecified atom stereocenters. The molecule has 1 aliphatic rings. The molecule has 0 bridgehead atoms. The number of esters is 2. The Labute approximate surface area is 200 Å². The van der Waals surface area contributed by atoms with E-state index in [9.17, 15) is 9.59 Å². The Morgan fingerprint density at radius 1 is 0.735 bits per heavy atom. The number of hydrogen-bond acceptors (Lipinski definition) is 7. The Balaban J connectivity index is 2.28. The second-order valence-corrected chi connectivity index (χ2v) is 7.68. The van der Waals surface area contributed by atoms with Crippen LogP contribution in [0.3, 0.4) is 0 Å². The largest absolute Gasteiger partial charge is 0.497 e. The summed E-state index contributed by atoms with van der Waals surface area (Å²) in [7, 11) is 3.19. The molecule has 7 heteroatoms. The molecule has 2 aromatic rings. The molecule has 3 rings (SSSR count). The van der Waals surface area contributed by atoms with Crippen LogP contribution in [0.15, 0.2) is 71.1 Å². The molecule has 1 heterocycles. The van der Waals surface area contributed by atoms with Gasteiger partial charge >= 0.3 is 11.9 Å². The number of methoxy groups -OCH3 is 2. The van der Waals surface area contributed by atoms with E-state index in [4.69, 9.17) is 18.9 Å². The Bertz CT molecular complexity index is 1060. The molecule has 7 nitrogen and oxygen atoms in total. The van der Waals surface area contributed by atoms with Gasteiger partial charge in [-0.1, -0.05) is 12.1 Å². The summed E-state index contributed by atoms with van der Waals surface area (Å²) >= 11 is 0. The van der Waals surface area contributed by atoms with Gasteiger partial charge in [0.05, 0.1) is 44.5 Å². The van der Waals surface area contributed by atoms with Crippen molar-refractivity contribution in [2.45, 2.75) is 33.6 Å². The summed E-state index contributed by atoms with van der Waals surface area (Å²) in [6.07, 6.45) is 0. The zero-order chi connectivity index (χ0) is 24.8. The Morgan fingerprint density at radius 2 is 1.15 bits per heavy atom. The molecule has 0 saturated carbocycles. The first-order valence-corrected chi connectivity index (χ1v) is 11.2. The van der Waals surface area contributed by atoms with Gasteiger partial charge in [-0.25, -0.2) is 9.59 Å². The van der Waals surface area contributed by atoms with E-state index in [0.717, 1.165) is 11.3 Å². The van der Waals surface area contributed by atoms with E-state index in [1.807, 2.05) is 55.1 Å². The zero-order valence-electron chi connectivity index (χ0n) is 20.5. The van der Waals surface area contributed by atoms with Crippen LogP contribution in [0.2, 0.25) is 0 Å². The van der Waals surface area contributed by atoms with E-state index in [1.165, 1.54) is 0 Å². The van der Waals surface area contributed by atoms with E-state index in [2.05, 4.69) is 0 Å². The van der Waals surface area contributed by atoms with Crippen LogP contribution in [0.5, 0.6) is 11.5 Å². The number of hydrogen-bond donors (Lipinski definition) is 0. The standard InChI is InChI=1S/C27H31NO6/c1-7-33-26(29)23-17(3)28(20-11-15-22(32-6)16-12-20)18(4)24(27(30)34-8-2)25(23)19-9-13-21(31-5)14-10-19/h9-16,25H,7-8H2,1-6H3. The van der Waals surface area contributed by atoms with Crippen LogP contribution >= 0.6 is 0 Å². The van der Waals surface area contributed by atoms with Crippen molar-refractivity contribution in [3.05, 3.63) is 76.6 Å². The number of rotatable bonds is 8. The van der Waals surface area contributed by atoms with Crippen molar-refractivity contribution < 1.29 is 28.5 Å². The highest BCUT2D eigenvalue weighted by Crippen LogP contribution is 2.45. The van der Waals surface area contributed by atoms with Gasteiger partial charge in [0.15, 0.2) is 0 Å². The average Bonchev–Trinajstić information content (AvgIpc) is 2.84. The number of nitrogens with zero attached hydrogens (tertiary/aromatic N) is 1. The number of ether oxygens (including phenoxy) is 4. The van der Waals surface area contributed by atoms with Gasteiger partial charge < -0.3 is 23.8 Å². The summed E-state index contributed by atoms with van der Waals surface area (Å²) in [6, 6.07) is 14.7. The first-order chi connectivity index (χ1) is 16.4. The predicted molar refractivity (Wildman–Crippen MR) is 130 cm³/mol. The lowest BCUT2D eigenvalue weighted by molar-refractivity contribution is -0.139. The fraction of sp³-hybridized carbons (Fsp3) is 0.333. The number of carbonyl (C=O) groups is 2. The summed E-state index contributed by atoms with van der Waals surface area (Å²) in [5.74, 6) is -0.228. The molecule has 0 amide bonds. The maximum atomic E-state index is 13.3. The minimum absolute atomic E-state index is 0.213. The van der Waals surface area contributed by atoms with Gasteiger partial charge in [-0.15, -0.1) is 0 Å². The minimum Gasteiger partial charge on any atom is -0.497 e. The van der Waals surface area contributed by atoms with Gasteiger partial charge in [-0.3, -0.25) is 0 Å². The maximum Gasteiger partial charge on any atom is 0.336 e. The number of carbonyl (C=O) groups excluding carboxylic acids is 2. The smallest absolute Gasteiger partial charge is 0.336 e. The van der Waals surface area contributed by atoms with Gasteiger partial charge in [0, 0.05) is 17.1 Å². The molecule has 180 valence electrons. The van der Waals surface area contributed by atoms with Gasteiger partial charge in [0.1, 0.15) is 11.5 Å². The third-order valence-corrected chi connectivity index (χ3v) is 5.80. The van der Waals surface area contributed by atoms with Crippen LogP contribution in [0.4, 0.5) is 5.69 Å². The molecule has 0 aromatic heterocycles. The van der Waals surface area contributed by atoms with Crippen molar-refractivity contribution in [1.82, 2.24) is 0 Å². The van der Waals surface area contributed by atoms with E-state index in [0.29, 0.717) is 34.0 Å². The van der Waals surface area contributed by atoms with Gasteiger partial charge in [-0.05, 0) is 69.7 Å². The number of anilines is 1. The Kier molecular flexibility index (Phi) is 7.99. The molecule has 0 atom stereocenters. The summed E-state index contributed by atoms with van der Waals surface area (Å²) in [4.78, 5) is 28.5. The highest BCUT2D eigenvalue weighted by atomic mass is 16.5. The van der Waals surface area contributed by atoms with Crippen molar-refractivity contribution in [2.75, 3.05) is 32.3 Å². The summed E-state index contributed by atoms with van der Waals surface area (Å²) in [5.41, 5.74) is 3.67. The number of benzene rings is 2. The predicted octanol–water partition coefficient (Wildman–Crippen LogP) is 4.98. The van der Waals surface area contributed by atoms with Crippen LogP contribution < -0.4 is 14.4 Å². The highest BCUT2D eigenvalue weighted by Gasteiger charge is 2.41. The van der Waals surface area contributed by atoms with E-state index >= 15 is 0 Å². The molecule has 1 aliphatic heterocycles. The minimum atomic E-state index is -0.654. The molecular weight excluding hydrogens is 434 g/mol. The van der Waals surface area contributed by atoms with Crippen LogP contribution in [0.25, 0.3) is 0 Å². The summed E-state index contributed by atoms with van der Waals surface area (Å²) < 4.78 is 21.5. The topological polar surface area (TPSA) is 74.3 Å². The molecule has 0 radical (unpaired) electrons. The van der Waals surface area contributed by atoms with E-state index in [-0.39, 0.29) is 13.2 Å². The lowest BCUT2D eigenvalue weighted by Gasteiger charge is -2.38. The van der Waals surface area contributed by atoms with Crippen molar-refractivity contribution in [1.29, 1.82) is 0 Å². The van der Waals surface area contributed by atoms with Crippen LogP contribution in [-0.2, 0) is 19.1 Å². The van der Waals surface area contributed by atoms with Crippen LogP contribution in [0, 0.1) is 0 Å². The lowest BCUT2D eigenvalue weighted by atomic mass is 9.79. The molecule has 2 aromatic carbocycles. The van der Waals surface area contributed by atoms with Crippen molar-refractivity contribution >= 4 is 17.6 Å². The molecule has 0 spiro atoms. The second-order valence-electron chi connectivity index (χ2n) is 7.68.